The van der Waals surface area contributed by atoms with Crippen LogP contribution in [-0.2, 0) is 21.2 Å². The number of nitrogens with one attached hydrogen (secondary N) is 1. The first-order valence-corrected chi connectivity index (χ1v) is 7.12. The number of carbonyl (C=O) groups excluding carboxylic acids is 2. The molecule has 128 valence electrons. The van der Waals surface area contributed by atoms with E-state index in [9.17, 15) is 22.8 Å². The van der Waals surface area contributed by atoms with Crippen molar-refractivity contribution in [1.29, 1.82) is 0 Å². The van der Waals surface area contributed by atoms with Crippen molar-refractivity contribution in [2.75, 3.05) is 20.6 Å². The highest BCUT2D eigenvalue weighted by Gasteiger charge is 2.34. The van der Waals surface area contributed by atoms with Crippen LogP contribution in [0.4, 0.5) is 13.2 Å². The number of hydrogen-bond donors (Lipinski definition) is 1. The lowest BCUT2D eigenvalue weighted by Gasteiger charge is -2.25. The average molecular weight is 330 g/mol. The Morgan fingerprint density at radius 1 is 1.13 bits per heavy atom. The second-order valence-electron chi connectivity index (χ2n) is 6.00. The van der Waals surface area contributed by atoms with Gasteiger partial charge in [0.1, 0.15) is 0 Å². The molecule has 0 bridgehead atoms. The van der Waals surface area contributed by atoms with Gasteiger partial charge in [-0.15, -0.1) is 0 Å². The fraction of sp³-hybridized carbons (Fsp3) is 0.500. The molecular weight excluding hydrogens is 309 g/mol. The van der Waals surface area contributed by atoms with E-state index in [4.69, 9.17) is 0 Å². The van der Waals surface area contributed by atoms with Crippen LogP contribution in [0.25, 0.3) is 0 Å². The third kappa shape index (κ3) is 4.97. The summed E-state index contributed by atoms with van der Waals surface area (Å²) in [6.07, 6.45) is -4.32. The van der Waals surface area contributed by atoms with Crippen LogP contribution >= 0.6 is 0 Å². The Kier molecular flexibility index (Phi) is 5.80. The van der Waals surface area contributed by atoms with Crippen LogP contribution in [0.1, 0.15) is 31.4 Å². The molecule has 2 amide bonds. The third-order valence-electron chi connectivity index (χ3n) is 3.60. The molecule has 1 aromatic carbocycles. The Morgan fingerprint density at radius 3 is 2.22 bits per heavy atom. The van der Waals surface area contributed by atoms with Crippen molar-refractivity contribution in [3.8, 4) is 0 Å². The van der Waals surface area contributed by atoms with Gasteiger partial charge in [-0.25, -0.2) is 0 Å². The lowest BCUT2D eigenvalue weighted by Crippen LogP contribution is -2.41. The van der Waals surface area contributed by atoms with Crippen LogP contribution in [0.3, 0.4) is 0 Å². The zero-order valence-electron chi connectivity index (χ0n) is 13.6. The number of halogens is 3. The number of benzene rings is 1. The molecule has 0 heterocycles. The predicted molar refractivity (Wildman–Crippen MR) is 80.8 cm³/mol. The number of hydrogen-bond acceptors (Lipinski definition) is 2. The van der Waals surface area contributed by atoms with Crippen LogP contribution in [0.15, 0.2) is 24.3 Å². The minimum absolute atomic E-state index is 0.136. The molecule has 1 aromatic rings. The van der Waals surface area contributed by atoms with E-state index in [0.717, 1.165) is 12.1 Å². The SMILES string of the molecule is CN(C)C(=O)CCNC(=O)C(C)(C)c1cccc(C(F)(F)F)c1. The third-order valence-corrected chi connectivity index (χ3v) is 3.60. The first-order valence-electron chi connectivity index (χ1n) is 7.12. The Hall–Kier alpha value is -2.05. The minimum atomic E-state index is -4.46. The highest BCUT2D eigenvalue weighted by atomic mass is 19.4. The normalized spacial score (nSPS) is 12.0. The van der Waals surface area contributed by atoms with Crippen LogP contribution in [0.5, 0.6) is 0 Å². The van der Waals surface area contributed by atoms with Crippen molar-refractivity contribution in [2.24, 2.45) is 0 Å². The van der Waals surface area contributed by atoms with E-state index >= 15 is 0 Å². The molecule has 4 nitrogen and oxygen atoms in total. The van der Waals surface area contributed by atoms with Gasteiger partial charge < -0.3 is 10.2 Å². The standard InChI is InChI=1S/C16H21F3N2O2/c1-15(2,14(23)20-9-8-13(22)21(3)4)11-6-5-7-12(10-11)16(17,18)19/h5-7,10H,8-9H2,1-4H3,(H,20,23). The summed E-state index contributed by atoms with van der Waals surface area (Å²) in [7, 11) is 3.22. The Balaban J connectivity index is 2.81. The Labute approximate surface area is 133 Å². The van der Waals surface area contributed by atoms with Crippen molar-refractivity contribution in [2.45, 2.75) is 31.9 Å². The summed E-state index contributed by atoms with van der Waals surface area (Å²) < 4.78 is 38.3. The molecule has 23 heavy (non-hydrogen) atoms. The van der Waals surface area contributed by atoms with E-state index in [1.54, 1.807) is 27.9 Å². The summed E-state index contributed by atoms with van der Waals surface area (Å²) in [5, 5.41) is 2.60. The summed E-state index contributed by atoms with van der Waals surface area (Å²) in [5.74, 6) is -0.564. The molecule has 0 aliphatic carbocycles. The zero-order valence-corrected chi connectivity index (χ0v) is 13.6. The smallest absolute Gasteiger partial charge is 0.355 e. The summed E-state index contributed by atoms with van der Waals surface area (Å²) in [6.45, 7) is 3.23. The number of nitrogens with zero attached hydrogens (tertiary/aromatic N) is 1. The molecule has 0 aliphatic heterocycles. The van der Waals surface area contributed by atoms with Crippen LogP contribution in [0.2, 0.25) is 0 Å². The molecule has 1 rings (SSSR count). The lowest BCUT2D eigenvalue weighted by molar-refractivity contribution is -0.138. The monoisotopic (exact) mass is 330 g/mol. The molecular formula is C16H21F3N2O2. The van der Waals surface area contributed by atoms with E-state index in [2.05, 4.69) is 5.32 Å². The minimum Gasteiger partial charge on any atom is -0.355 e. The fourth-order valence-corrected chi connectivity index (χ4v) is 1.94. The van der Waals surface area contributed by atoms with Crippen molar-refractivity contribution in [3.63, 3.8) is 0 Å². The second kappa shape index (κ2) is 7.02. The number of carbonyl (C=O) groups is 2. The van der Waals surface area contributed by atoms with Crippen molar-refractivity contribution in [1.82, 2.24) is 10.2 Å². The molecule has 0 fully saturated rings. The van der Waals surface area contributed by atoms with Gasteiger partial charge in [-0.05, 0) is 25.5 Å². The van der Waals surface area contributed by atoms with E-state index in [1.165, 1.54) is 17.0 Å². The molecule has 1 N–H and O–H groups in total. The first-order chi connectivity index (χ1) is 10.5. The lowest BCUT2D eigenvalue weighted by atomic mass is 9.83. The van der Waals surface area contributed by atoms with Crippen LogP contribution in [0, 0.1) is 0 Å². The summed E-state index contributed by atoms with van der Waals surface area (Å²) in [6, 6.07) is 4.71. The van der Waals surface area contributed by atoms with Crippen LogP contribution < -0.4 is 5.32 Å². The van der Waals surface area contributed by atoms with Gasteiger partial charge in [0.2, 0.25) is 11.8 Å². The first kappa shape index (κ1) is 19.0. The number of rotatable bonds is 5. The highest BCUT2D eigenvalue weighted by molar-refractivity contribution is 5.87. The van der Waals surface area contributed by atoms with E-state index < -0.39 is 23.1 Å². The molecule has 0 unspecified atom stereocenters. The van der Waals surface area contributed by atoms with E-state index in [1.807, 2.05) is 0 Å². The maximum Gasteiger partial charge on any atom is 0.416 e. The predicted octanol–water partition coefficient (Wildman–Crippen LogP) is 2.58. The van der Waals surface area contributed by atoms with Gasteiger partial charge in [0.05, 0.1) is 11.0 Å². The molecule has 0 saturated carbocycles. The fourth-order valence-electron chi connectivity index (χ4n) is 1.94. The largest absolute Gasteiger partial charge is 0.416 e. The summed E-state index contributed by atoms with van der Waals surface area (Å²) in [4.78, 5) is 25.1. The molecule has 7 heteroatoms. The molecule has 0 radical (unpaired) electrons. The molecule has 0 spiro atoms. The average Bonchev–Trinajstić information content (AvgIpc) is 2.46. The maximum atomic E-state index is 12.8. The zero-order chi connectivity index (χ0) is 17.8. The van der Waals surface area contributed by atoms with Crippen molar-refractivity contribution >= 4 is 11.8 Å². The van der Waals surface area contributed by atoms with Gasteiger partial charge >= 0.3 is 6.18 Å². The topological polar surface area (TPSA) is 49.4 Å². The quantitative estimate of drug-likeness (QED) is 0.902. The maximum absolute atomic E-state index is 12.8. The molecule has 0 saturated heterocycles. The summed E-state index contributed by atoms with van der Waals surface area (Å²) in [5.41, 5.74) is -1.66. The summed E-state index contributed by atoms with van der Waals surface area (Å²) >= 11 is 0. The second-order valence-corrected chi connectivity index (χ2v) is 6.00. The van der Waals surface area contributed by atoms with Gasteiger partial charge in [-0.1, -0.05) is 18.2 Å². The molecule has 0 aliphatic rings. The molecule has 0 aromatic heterocycles. The Bertz CT molecular complexity index is 581. The van der Waals surface area contributed by atoms with Crippen LogP contribution in [-0.4, -0.2) is 37.4 Å². The van der Waals surface area contributed by atoms with Crippen molar-refractivity contribution in [3.05, 3.63) is 35.4 Å². The van der Waals surface area contributed by atoms with Gasteiger partial charge in [-0.2, -0.15) is 13.2 Å². The van der Waals surface area contributed by atoms with Gasteiger partial charge in [0.25, 0.3) is 0 Å². The van der Waals surface area contributed by atoms with Gasteiger partial charge in [-0.3, -0.25) is 9.59 Å². The van der Waals surface area contributed by atoms with Crippen molar-refractivity contribution < 1.29 is 22.8 Å². The number of alkyl halides is 3. The van der Waals surface area contributed by atoms with E-state index in [0.29, 0.717) is 0 Å². The van der Waals surface area contributed by atoms with E-state index in [-0.39, 0.29) is 24.4 Å². The highest BCUT2D eigenvalue weighted by Crippen LogP contribution is 2.32. The van der Waals surface area contributed by atoms with Gasteiger partial charge in [0.15, 0.2) is 0 Å². The molecule has 0 atom stereocenters. The van der Waals surface area contributed by atoms with Gasteiger partial charge in [0, 0.05) is 27.1 Å². The number of amides is 2. The Morgan fingerprint density at radius 2 is 1.70 bits per heavy atom.